The first kappa shape index (κ1) is 18.0. The Labute approximate surface area is 160 Å². The van der Waals surface area contributed by atoms with E-state index in [4.69, 9.17) is 23.2 Å². The summed E-state index contributed by atoms with van der Waals surface area (Å²) < 4.78 is 0. The summed E-state index contributed by atoms with van der Waals surface area (Å²) in [6.45, 7) is 0. The van der Waals surface area contributed by atoms with Gasteiger partial charge in [-0.25, -0.2) is 4.79 Å². The Morgan fingerprint density at radius 2 is 1.46 bits per heavy atom. The van der Waals surface area contributed by atoms with Crippen molar-refractivity contribution in [2.45, 2.75) is 0 Å². The van der Waals surface area contributed by atoms with Gasteiger partial charge < -0.3 is 10.6 Å². The fourth-order valence-corrected chi connectivity index (χ4v) is 2.77. The highest BCUT2D eigenvalue weighted by molar-refractivity contribution is 6.31. The molecule has 0 radical (unpaired) electrons. The van der Waals surface area contributed by atoms with E-state index in [-0.39, 0.29) is 5.78 Å². The van der Waals surface area contributed by atoms with Crippen molar-refractivity contribution in [1.82, 2.24) is 0 Å². The van der Waals surface area contributed by atoms with Crippen LogP contribution in [0.5, 0.6) is 0 Å². The molecule has 26 heavy (non-hydrogen) atoms. The minimum atomic E-state index is -0.489. The van der Waals surface area contributed by atoms with E-state index in [2.05, 4.69) is 10.6 Å². The average molecular weight is 385 g/mol. The second-order valence-corrected chi connectivity index (χ2v) is 6.35. The van der Waals surface area contributed by atoms with Crippen LogP contribution in [0, 0.1) is 0 Å². The smallest absolute Gasteiger partial charge is 0.308 e. The molecule has 3 aromatic carbocycles. The fraction of sp³-hybridized carbons (Fsp3) is 0. The average Bonchev–Trinajstić information content (AvgIpc) is 2.63. The third-order valence-corrected chi connectivity index (χ3v) is 4.06. The molecule has 0 heterocycles. The number of nitrogens with one attached hydrogen (secondary N) is 2. The van der Waals surface area contributed by atoms with Crippen LogP contribution in [0.1, 0.15) is 15.9 Å². The van der Waals surface area contributed by atoms with Crippen LogP contribution >= 0.6 is 23.2 Å². The predicted octanol–water partition coefficient (Wildman–Crippen LogP) is 5.87. The van der Waals surface area contributed by atoms with Crippen LogP contribution in [0.15, 0.2) is 72.8 Å². The topological polar surface area (TPSA) is 58.2 Å². The van der Waals surface area contributed by atoms with Gasteiger partial charge in [0.1, 0.15) is 0 Å². The first-order chi connectivity index (χ1) is 12.5. The molecule has 0 saturated carbocycles. The van der Waals surface area contributed by atoms with Crippen LogP contribution in [0.3, 0.4) is 0 Å². The second kappa shape index (κ2) is 8.04. The van der Waals surface area contributed by atoms with Crippen LogP contribution in [-0.2, 0) is 0 Å². The maximum atomic E-state index is 12.8. The molecule has 0 spiro atoms. The highest BCUT2D eigenvalue weighted by atomic mass is 35.5. The zero-order valence-corrected chi connectivity index (χ0v) is 15.0. The number of hydrogen-bond donors (Lipinski definition) is 2. The lowest BCUT2D eigenvalue weighted by Gasteiger charge is -2.12. The Morgan fingerprint density at radius 1 is 0.731 bits per heavy atom. The normalized spacial score (nSPS) is 10.2. The Kier molecular flexibility index (Phi) is 5.56. The molecule has 2 amide bonds. The van der Waals surface area contributed by atoms with Crippen molar-refractivity contribution in [1.29, 1.82) is 0 Å². The summed E-state index contributed by atoms with van der Waals surface area (Å²) in [5.41, 5.74) is 1.72. The third kappa shape index (κ3) is 4.42. The summed E-state index contributed by atoms with van der Waals surface area (Å²) in [6.07, 6.45) is 0. The van der Waals surface area contributed by atoms with E-state index in [1.165, 1.54) is 6.07 Å². The molecule has 0 atom stereocenters. The Bertz CT molecular complexity index is 959. The molecule has 2 N–H and O–H groups in total. The van der Waals surface area contributed by atoms with Crippen molar-refractivity contribution in [3.8, 4) is 0 Å². The van der Waals surface area contributed by atoms with E-state index in [0.29, 0.717) is 32.5 Å². The molecular weight excluding hydrogens is 371 g/mol. The summed E-state index contributed by atoms with van der Waals surface area (Å²) in [4.78, 5) is 25.0. The van der Waals surface area contributed by atoms with Crippen molar-refractivity contribution in [3.05, 3.63) is 94.0 Å². The number of urea groups is 1. The molecule has 0 saturated heterocycles. The lowest BCUT2D eigenvalue weighted by atomic mass is 10.0. The Hall–Kier alpha value is -2.82. The standard InChI is InChI=1S/C20H14Cl2N2O2/c21-14-7-4-8-16(11-14)23-20(26)24-18-10-9-15(22)12-17(18)19(25)13-5-2-1-3-6-13/h1-12H,(H2,23,24,26). The Morgan fingerprint density at radius 3 is 2.19 bits per heavy atom. The van der Waals surface area contributed by atoms with E-state index in [0.717, 1.165) is 0 Å². The van der Waals surface area contributed by atoms with Crippen LogP contribution in [0.4, 0.5) is 16.2 Å². The quantitative estimate of drug-likeness (QED) is 0.552. The van der Waals surface area contributed by atoms with Gasteiger partial charge in [-0.05, 0) is 36.4 Å². The van der Waals surface area contributed by atoms with Crippen LogP contribution in [-0.4, -0.2) is 11.8 Å². The number of benzene rings is 3. The maximum Gasteiger partial charge on any atom is 0.323 e. The number of amides is 2. The first-order valence-corrected chi connectivity index (χ1v) is 8.51. The number of carbonyl (C=O) groups is 2. The van der Waals surface area contributed by atoms with Crippen LogP contribution in [0.2, 0.25) is 10.0 Å². The molecule has 0 unspecified atom stereocenters. The van der Waals surface area contributed by atoms with E-state index in [1.807, 2.05) is 6.07 Å². The Balaban J connectivity index is 1.84. The number of carbonyl (C=O) groups excluding carboxylic acids is 2. The van der Waals surface area contributed by atoms with Gasteiger partial charge in [-0.2, -0.15) is 0 Å². The zero-order valence-electron chi connectivity index (χ0n) is 13.5. The molecule has 0 aromatic heterocycles. The largest absolute Gasteiger partial charge is 0.323 e. The van der Waals surface area contributed by atoms with Gasteiger partial charge in [0.25, 0.3) is 0 Å². The van der Waals surface area contributed by atoms with Gasteiger partial charge in [0.15, 0.2) is 5.78 Å². The molecule has 130 valence electrons. The van der Waals surface area contributed by atoms with E-state index < -0.39 is 6.03 Å². The molecule has 0 aliphatic carbocycles. The minimum Gasteiger partial charge on any atom is -0.308 e. The van der Waals surface area contributed by atoms with Crippen molar-refractivity contribution in [2.24, 2.45) is 0 Å². The molecular formula is C20H14Cl2N2O2. The SMILES string of the molecule is O=C(Nc1cccc(Cl)c1)Nc1ccc(Cl)cc1C(=O)c1ccccc1. The summed E-state index contributed by atoms with van der Waals surface area (Å²) in [5, 5.41) is 6.27. The van der Waals surface area contributed by atoms with E-state index in [9.17, 15) is 9.59 Å². The van der Waals surface area contributed by atoms with Gasteiger partial charge in [0.05, 0.1) is 5.69 Å². The summed E-state index contributed by atoms with van der Waals surface area (Å²) in [7, 11) is 0. The highest BCUT2D eigenvalue weighted by Gasteiger charge is 2.16. The number of halogens is 2. The van der Waals surface area contributed by atoms with Crippen molar-refractivity contribution in [2.75, 3.05) is 10.6 Å². The lowest BCUT2D eigenvalue weighted by molar-refractivity contribution is 0.103. The van der Waals surface area contributed by atoms with Crippen LogP contribution < -0.4 is 10.6 Å². The molecule has 0 aliphatic rings. The number of hydrogen-bond acceptors (Lipinski definition) is 2. The second-order valence-electron chi connectivity index (χ2n) is 5.47. The molecule has 3 aromatic rings. The molecule has 0 fully saturated rings. The van der Waals surface area contributed by atoms with Gasteiger partial charge in [-0.1, -0.05) is 59.6 Å². The van der Waals surface area contributed by atoms with Crippen LogP contribution in [0.25, 0.3) is 0 Å². The van der Waals surface area contributed by atoms with Gasteiger partial charge in [-0.15, -0.1) is 0 Å². The molecule has 4 nitrogen and oxygen atoms in total. The van der Waals surface area contributed by atoms with Crippen molar-refractivity contribution < 1.29 is 9.59 Å². The number of ketones is 1. The molecule has 6 heteroatoms. The van der Waals surface area contributed by atoms with Gasteiger partial charge >= 0.3 is 6.03 Å². The minimum absolute atomic E-state index is 0.230. The fourth-order valence-electron chi connectivity index (χ4n) is 2.41. The molecule has 0 bridgehead atoms. The van der Waals surface area contributed by atoms with Crippen molar-refractivity contribution in [3.63, 3.8) is 0 Å². The predicted molar refractivity (Wildman–Crippen MR) is 105 cm³/mol. The summed E-state index contributed by atoms with van der Waals surface area (Å²) in [6, 6.07) is 19.8. The monoisotopic (exact) mass is 384 g/mol. The lowest BCUT2D eigenvalue weighted by Crippen LogP contribution is -2.21. The van der Waals surface area contributed by atoms with Crippen molar-refractivity contribution >= 4 is 46.4 Å². The van der Waals surface area contributed by atoms with Gasteiger partial charge in [0, 0.05) is 26.9 Å². The molecule has 0 aliphatic heterocycles. The summed E-state index contributed by atoms with van der Waals surface area (Å²) in [5.74, 6) is -0.230. The number of rotatable bonds is 4. The zero-order chi connectivity index (χ0) is 18.5. The molecule has 3 rings (SSSR count). The van der Waals surface area contributed by atoms with E-state index >= 15 is 0 Å². The first-order valence-electron chi connectivity index (χ1n) is 7.76. The van der Waals surface area contributed by atoms with Gasteiger partial charge in [0.2, 0.25) is 0 Å². The summed E-state index contributed by atoms with van der Waals surface area (Å²) >= 11 is 11.9. The highest BCUT2D eigenvalue weighted by Crippen LogP contribution is 2.24. The maximum absolute atomic E-state index is 12.8. The number of anilines is 2. The van der Waals surface area contributed by atoms with Gasteiger partial charge in [-0.3, -0.25) is 4.79 Å². The third-order valence-electron chi connectivity index (χ3n) is 3.59. The van der Waals surface area contributed by atoms with E-state index in [1.54, 1.807) is 60.7 Å².